The van der Waals surface area contributed by atoms with Crippen LogP contribution < -0.4 is 5.73 Å². The standard InChI is InChI=1S/C14H18N2O/c1-14(2,3)13(17)12(15)9-10-5-7-11(16-4)8-6-10/h5-8,12H,9,15H2,1-3H3/t12-/m1/s1. The number of nitrogens with two attached hydrogens (primary N) is 1. The number of Topliss-reactive ketones (excluding diaryl/α,β-unsaturated/α-hetero) is 1. The molecule has 0 saturated heterocycles. The van der Waals surface area contributed by atoms with E-state index in [0.29, 0.717) is 12.1 Å². The highest BCUT2D eigenvalue weighted by Crippen LogP contribution is 2.19. The third-order valence-corrected chi connectivity index (χ3v) is 2.60. The van der Waals surface area contributed by atoms with Gasteiger partial charge in [0.1, 0.15) is 0 Å². The number of ketones is 1. The van der Waals surface area contributed by atoms with Crippen LogP contribution in [-0.4, -0.2) is 11.8 Å². The lowest BCUT2D eigenvalue weighted by molar-refractivity contribution is -0.127. The Labute approximate surface area is 102 Å². The van der Waals surface area contributed by atoms with Gasteiger partial charge in [-0.2, -0.15) is 0 Å². The second-order valence-corrected chi connectivity index (χ2v) is 5.20. The summed E-state index contributed by atoms with van der Waals surface area (Å²) >= 11 is 0. The van der Waals surface area contributed by atoms with Gasteiger partial charge in [0.15, 0.2) is 11.5 Å². The summed E-state index contributed by atoms with van der Waals surface area (Å²) in [5.41, 5.74) is 7.08. The maximum Gasteiger partial charge on any atom is 0.187 e. The molecule has 0 amide bonds. The molecule has 3 heteroatoms. The Morgan fingerprint density at radius 2 is 1.88 bits per heavy atom. The Hall–Kier alpha value is -1.66. The molecule has 0 radical (unpaired) electrons. The number of nitrogens with zero attached hydrogens (tertiary/aromatic N) is 1. The van der Waals surface area contributed by atoms with Crippen molar-refractivity contribution in [1.29, 1.82) is 0 Å². The first kappa shape index (κ1) is 13.4. The van der Waals surface area contributed by atoms with Crippen LogP contribution in [0, 0.1) is 12.0 Å². The predicted molar refractivity (Wildman–Crippen MR) is 68.8 cm³/mol. The maximum atomic E-state index is 11.9. The zero-order chi connectivity index (χ0) is 13.1. The average Bonchev–Trinajstić information content (AvgIpc) is 2.27. The lowest BCUT2D eigenvalue weighted by Crippen LogP contribution is -2.40. The van der Waals surface area contributed by atoms with E-state index in [1.165, 1.54) is 0 Å². The summed E-state index contributed by atoms with van der Waals surface area (Å²) in [5, 5.41) is 0. The summed E-state index contributed by atoms with van der Waals surface area (Å²) in [6, 6.07) is 6.72. The molecule has 0 aliphatic rings. The van der Waals surface area contributed by atoms with Crippen LogP contribution >= 0.6 is 0 Å². The molecular weight excluding hydrogens is 212 g/mol. The van der Waals surface area contributed by atoms with Gasteiger partial charge in [0.2, 0.25) is 0 Å². The zero-order valence-electron chi connectivity index (χ0n) is 10.5. The van der Waals surface area contributed by atoms with Crippen LogP contribution in [0.4, 0.5) is 5.69 Å². The summed E-state index contributed by atoms with van der Waals surface area (Å²) in [6.45, 7) is 12.5. The molecule has 90 valence electrons. The number of hydrogen-bond acceptors (Lipinski definition) is 2. The molecule has 1 aromatic rings. The van der Waals surface area contributed by atoms with Crippen molar-refractivity contribution in [3.05, 3.63) is 41.2 Å². The molecular formula is C14H18N2O. The Morgan fingerprint density at radius 1 is 1.35 bits per heavy atom. The van der Waals surface area contributed by atoms with Gasteiger partial charge in [-0.1, -0.05) is 45.0 Å². The zero-order valence-corrected chi connectivity index (χ0v) is 10.5. The van der Waals surface area contributed by atoms with Crippen LogP contribution in [0.2, 0.25) is 0 Å². The minimum absolute atomic E-state index is 0.0618. The van der Waals surface area contributed by atoms with Crippen LogP contribution in [0.5, 0.6) is 0 Å². The highest BCUT2D eigenvalue weighted by Gasteiger charge is 2.26. The molecule has 0 unspecified atom stereocenters. The van der Waals surface area contributed by atoms with E-state index in [1.807, 2.05) is 32.9 Å². The van der Waals surface area contributed by atoms with E-state index in [9.17, 15) is 4.79 Å². The van der Waals surface area contributed by atoms with Gasteiger partial charge in [0.05, 0.1) is 12.6 Å². The van der Waals surface area contributed by atoms with Crippen LogP contribution in [0.15, 0.2) is 24.3 Å². The molecule has 3 nitrogen and oxygen atoms in total. The number of benzene rings is 1. The van der Waals surface area contributed by atoms with Gasteiger partial charge in [-0.05, 0) is 12.0 Å². The predicted octanol–water partition coefficient (Wildman–Crippen LogP) is 2.72. The summed E-state index contributed by atoms with van der Waals surface area (Å²) < 4.78 is 0. The lowest BCUT2D eigenvalue weighted by atomic mass is 9.85. The molecule has 0 aliphatic heterocycles. The monoisotopic (exact) mass is 230 g/mol. The van der Waals surface area contributed by atoms with E-state index in [1.54, 1.807) is 12.1 Å². The summed E-state index contributed by atoms with van der Waals surface area (Å²) in [6.07, 6.45) is 0.522. The van der Waals surface area contributed by atoms with E-state index in [0.717, 1.165) is 5.56 Å². The van der Waals surface area contributed by atoms with Crippen molar-refractivity contribution < 1.29 is 4.79 Å². The smallest absolute Gasteiger partial charge is 0.187 e. The highest BCUT2D eigenvalue weighted by atomic mass is 16.1. The molecule has 0 fully saturated rings. The van der Waals surface area contributed by atoms with Crippen molar-refractivity contribution in [1.82, 2.24) is 0 Å². The Morgan fingerprint density at radius 3 is 2.29 bits per heavy atom. The van der Waals surface area contributed by atoms with Crippen molar-refractivity contribution in [2.75, 3.05) is 0 Å². The van der Waals surface area contributed by atoms with Crippen LogP contribution in [0.3, 0.4) is 0 Å². The fourth-order valence-electron chi connectivity index (χ4n) is 1.61. The molecule has 0 saturated carbocycles. The van der Waals surface area contributed by atoms with Crippen LogP contribution in [0.25, 0.3) is 4.85 Å². The fraction of sp³-hybridized carbons (Fsp3) is 0.429. The third kappa shape index (κ3) is 3.69. The average molecular weight is 230 g/mol. The molecule has 0 aromatic heterocycles. The van der Waals surface area contributed by atoms with E-state index in [-0.39, 0.29) is 5.78 Å². The van der Waals surface area contributed by atoms with Gasteiger partial charge >= 0.3 is 0 Å². The molecule has 17 heavy (non-hydrogen) atoms. The largest absolute Gasteiger partial charge is 0.321 e. The van der Waals surface area contributed by atoms with Gasteiger partial charge < -0.3 is 5.73 Å². The van der Waals surface area contributed by atoms with Crippen molar-refractivity contribution in [2.24, 2.45) is 11.1 Å². The van der Waals surface area contributed by atoms with E-state index < -0.39 is 11.5 Å². The summed E-state index contributed by atoms with van der Waals surface area (Å²) in [5.74, 6) is 0.0618. The summed E-state index contributed by atoms with van der Waals surface area (Å²) in [7, 11) is 0. The van der Waals surface area contributed by atoms with Crippen molar-refractivity contribution in [2.45, 2.75) is 33.2 Å². The molecule has 2 N–H and O–H groups in total. The number of carbonyl (C=O) groups is 1. The fourth-order valence-corrected chi connectivity index (χ4v) is 1.61. The Kier molecular flexibility index (Phi) is 4.03. The first-order chi connectivity index (χ1) is 7.84. The van der Waals surface area contributed by atoms with Crippen LogP contribution in [-0.2, 0) is 11.2 Å². The minimum atomic E-state index is -0.478. The highest BCUT2D eigenvalue weighted by molar-refractivity contribution is 5.88. The normalized spacial score (nSPS) is 12.9. The van der Waals surface area contributed by atoms with E-state index in [4.69, 9.17) is 12.3 Å². The minimum Gasteiger partial charge on any atom is -0.321 e. The lowest BCUT2D eigenvalue weighted by Gasteiger charge is -2.21. The molecule has 1 aromatic carbocycles. The molecule has 0 aliphatic carbocycles. The van der Waals surface area contributed by atoms with Crippen LogP contribution in [0.1, 0.15) is 26.3 Å². The molecule has 1 rings (SSSR count). The van der Waals surface area contributed by atoms with Gasteiger partial charge in [-0.15, -0.1) is 0 Å². The Balaban J connectivity index is 2.72. The second-order valence-electron chi connectivity index (χ2n) is 5.20. The SMILES string of the molecule is [C-]#[N+]c1ccc(C[C@@H](N)C(=O)C(C)(C)C)cc1. The van der Waals surface area contributed by atoms with Gasteiger partial charge in [-0.3, -0.25) is 4.79 Å². The molecule has 1 atom stereocenters. The second kappa shape index (κ2) is 5.11. The quantitative estimate of drug-likeness (QED) is 0.811. The maximum absolute atomic E-state index is 11.9. The number of carbonyl (C=O) groups excluding carboxylic acids is 1. The molecule has 0 spiro atoms. The van der Waals surface area contributed by atoms with Gasteiger partial charge in [0, 0.05) is 5.41 Å². The van der Waals surface area contributed by atoms with Crippen molar-refractivity contribution >= 4 is 11.5 Å². The topological polar surface area (TPSA) is 47.5 Å². The first-order valence-electron chi connectivity index (χ1n) is 5.61. The van der Waals surface area contributed by atoms with Crippen molar-refractivity contribution in [3.8, 4) is 0 Å². The number of hydrogen-bond donors (Lipinski definition) is 1. The Bertz CT molecular complexity index is 435. The van der Waals surface area contributed by atoms with Gasteiger partial charge in [0.25, 0.3) is 0 Å². The number of rotatable bonds is 3. The van der Waals surface area contributed by atoms with Gasteiger partial charge in [-0.25, -0.2) is 4.85 Å². The van der Waals surface area contributed by atoms with Crippen molar-refractivity contribution in [3.63, 3.8) is 0 Å². The summed E-state index contributed by atoms with van der Waals surface area (Å²) in [4.78, 5) is 15.2. The van der Waals surface area contributed by atoms with E-state index in [2.05, 4.69) is 4.85 Å². The first-order valence-corrected chi connectivity index (χ1v) is 5.61. The molecule has 0 bridgehead atoms. The van der Waals surface area contributed by atoms with E-state index >= 15 is 0 Å². The molecule has 0 heterocycles. The third-order valence-electron chi connectivity index (χ3n) is 2.60.